The molecule has 0 fully saturated rings. The number of rotatable bonds is 6. The average molecular weight is 363 g/mol. The normalized spacial score (nSPS) is 10.2. The molecule has 130 valence electrons. The van der Waals surface area contributed by atoms with Gasteiger partial charge in [0.05, 0.1) is 30.4 Å². The van der Waals surface area contributed by atoms with Gasteiger partial charge in [0.25, 0.3) is 0 Å². The molecule has 0 unspecified atom stereocenters. The maximum atomic E-state index is 12.2. The Kier molecular flexibility index (Phi) is 5.62. The first kappa shape index (κ1) is 17.6. The first-order chi connectivity index (χ1) is 12.7. The number of nitriles is 1. The Morgan fingerprint density at radius 2 is 1.92 bits per heavy atom. The van der Waals surface area contributed by atoms with Crippen LogP contribution in [0, 0.1) is 11.3 Å². The first-order valence-corrected chi connectivity index (χ1v) is 9.03. The molecular formula is C20H17N3O2S. The first-order valence-electron chi connectivity index (χ1n) is 8.15. The number of anilines is 1. The summed E-state index contributed by atoms with van der Waals surface area (Å²) in [5.41, 5.74) is 3.20. The van der Waals surface area contributed by atoms with Crippen molar-refractivity contribution in [3.05, 3.63) is 65.0 Å². The molecule has 0 saturated carbocycles. The quantitative estimate of drug-likeness (QED) is 0.710. The molecule has 0 bridgehead atoms. The van der Waals surface area contributed by atoms with Gasteiger partial charge in [0.15, 0.2) is 5.13 Å². The van der Waals surface area contributed by atoms with Crippen molar-refractivity contribution in [2.45, 2.75) is 13.3 Å². The highest BCUT2D eigenvalue weighted by Gasteiger charge is 2.09. The second-order valence-corrected chi connectivity index (χ2v) is 6.39. The van der Waals surface area contributed by atoms with Gasteiger partial charge in [-0.05, 0) is 36.8 Å². The van der Waals surface area contributed by atoms with Gasteiger partial charge in [-0.15, -0.1) is 11.3 Å². The Hall–Kier alpha value is -3.17. The SMILES string of the molecule is CCOc1ccc(CC(=O)Nc2nc(-c3ccc(C#N)cc3)cs2)cc1. The molecule has 5 nitrogen and oxygen atoms in total. The number of benzene rings is 2. The van der Waals surface area contributed by atoms with Crippen molar-refractivity contribution in [3.63, 3.8) is 0 Å². The highest BCUT2D eigenvalue weighted by Crippen LogP contribution is 2.25. The molecule has 0 spiro atoms. The second-order valence-electron chi connectivity index (χ2n) is 5.53. The zero-order chi connectivity index (χ0) is 18.4. The van der Waals surface area contributed by atoms with E-state index < -0.39 is 0 Å². The summed E-state index contributed by atoms with van der Waals surface area (Å²) >= 11 is 1.37. The summed E-state index contributed by atoms with van der Waals surface area (Å²) in [6.07, 6.45) is 0.276. The van der Waals surface area contributed by atoms with E-state index in [1.807, 2.05) is 48.7 Å². The van der Waals surface area contributed by atoms with Gasteiger partial charge in [0.1, 0.15) is 5.75 Å². The van der Waals surface area contributed by atoms with Crippen molar-refractivity contribution in [1.82, 2.24) is 4.98 Å². The number of hydrogen-bond donors (Lipinski definition) is 1. The highest BCUT2D eigenvalue weighted by molar-refractivity contribution is 7.14. The average Bonchev–Trinajstić information content (AvgIpc) is 3.12. The molecule has 26 heavy (non-hydrogen) atoms. The number of aromatic nitrogens is 1. The van der Waals surface area contributed by atoms with E-state index >= 15 is 0 Å². The van der Waals surface area contributed by atoms with E-state index in [2.05, 4.69) is 16.4 Å². The molecule has 0 radical (unpaired) electrons. The van der Waals surface area contributed by atoms with Crippen molar-refractivity contribution >= 4 is 22.4 Å². The Balaban J connectivity index is 1.61. The fraction of sp³-hybridized carbons (Fsp3) is 0.150. The predicted octanol–water partition coefficient (Wildman–Crippen LogP) is 4.26. The molecule has 1 heterocycles. The van der Waals surface area contributed by atoms with E-state index in [4.69, 9.17) is 10.00 Å². The number of hydrogen-bond acceptors (Lipinski definition) is 5. The summed E-state index contributed by atoms with van der Waals surface area (Å²) in [5.74, 6) is 0.679. The predicted molar refractivity (Wildman–Crippen MR) is 102 cm³/mol. The van der Waals surface area contributed by atoms with Crippen LogP contribution in [0.4, 0.5) is 5.13 Å². The van der Waals surface area contributed by atoms with E-state index in [0.717, 1.165) is 22.6 Å². The van der Waals surface area contributed by atoms with Crippen molar-refractivity contribution in [3.8, 4) is 23.1 Å². The molecule has 1 aromatic heterocycles. The van der Waals surface area contributed by atoms with Crippen LogP contribution in [0.15, 0.2) is 53.9 Å². The number of carbonyl (C=O) groups is 1. The minimum Gasteiger partial charge on any atom is -0.494 e. The van der Waals surface area contributed by atoms with Crippen LogP contribution in [-0.2, 0) is 11.2 Å². The summed E-state index contributed by atoms with van der Waals surface area (Å²) in [6, 6.07) is 16.8. The largest absolute Gasteiger partial charge is 0.494 e. The van der Waals surface area contributed by atoms with E-state index in [1.54, 1.807) is 12.1 Å². The third kappa shape index (κ3) is 4.47. The van der Waals surface area contributed by atoms with Crippen LogP contribution >= 0.6 is 11.3 Å². The lowest BCUT2D eigenvalue weighted by molar-refractivity contribution is -0.115. The Morgan fingerprint density at radius 1 is 1.19 bits per heavy atom. The minimum absolute atomic E-state index is 0.116. The Bertz CT molecular complexity index is 925. The van der Waals surface area contributed by atoms with Crippen molar-refractivity contribution < 1.29 is 9.53 Å². The van der Waals surface area contributed by atoms with Crippen LogP contribution in [0.25, 0.3) is 11.3 Å². The van der Waals surface area contributed by atoms with Gasteiger partial charge in [0.2, 0.25) is 5.91 Å². The van der Waals surface area contributed by atoms with E-state index in [-0.39, 0.29) is 12.3 Å². The van der Waals surface area contributed by atoms with Gasteiger partial charge >= 0.3 is 0 Å². The standard InChI is InChI=1S/C20H17N3O2S/c1-2-25-17-9-5-14(6-10-17)11-19(24)23-20-22-18(13-26-20)16-7-3-15(12-21)4-8-16/h3-10,13H,2,11H2,1H3,(H,22,23,24). The molecule has 6 heteroatoms. The van der Waals surface area contributed by atoms with Gasteiger partial charge in [-0.25, -0.2) is 4.98 Å². The van der Waals surface area contributed by atoms with Crippen molar-refractivity contribution in [2.75, 3.05) is 11.9 Å². The van der Waals surface area contributed by atoms with Crippen molar-refractivity contribution in [1.29, 1.82) is 5.26 Å². The summed E-state index contributed by atoms with van der Waals surface area (Å²) in [6.45, 7) is 2.55. The maximum Gasteiger partial charge on any atom is 0.230 e. The smallest absolute Gasteiger partial charge is 0.230 e. The second kappa shape index (κ2) is 8.28. The van der Waals surface area contributed by atoms with Crippen LogP contribution in [0.1, 0.15) is 18.1 Å². The molecular weight excluding hydrogens is 346 g/mol. The zero-order valence-electron chi connectivity index (χ0n) is 14.2. The Labute approximate surface area is 155 Å². The fourth-order valence-electron chi connectivity index (χ4n) is 2.40. The fourth-order valence-corrected chi connectivity index (χ4v) is 3.13. The molecule has 0 atom stereocenters. The van der Waals surface area contributed by atoms with Gasteiger partial charge in [0, 0.05) is 10.9 Å². The number of thiazole rings is 1. The molecule has 3 rings (SSSR count). The summed E-state index contributed by atoms with van der Waals surface area (Å²) < 4.78 is 5.39. The van der Waals surface area contributed by atoms with Crippen LogP contribution in [0.3, 0.4) is 0 Å². The van der Waals surface area contributed by atoms with Crippen LogP contribution < -0.4 is 10.1 Å². The van der Waals surface area contributed by atoms with Gasteiger partial charge in [-0.1, -0.05) is 24.3 Å². The number of nitrogens with zero attached hydrogens (tertiary/aromatic N) is 2. The molecule has 0 aliphatic carbocycles. The summed E-state index contributed by atoms with van der Waals surface area (Å²) in [7, 11) is 0. The number of carbonyl (C=O) groups excluding carboxylic acids is 1. The molecule has 0 aliphatic rings. The lowest BCUT2D eigenvalue weighted by atomic mass is 10.1. The lowest BCUT2D eigenvalue weighted by Gasteiger charge is -2.05. The molecule has 1 amide bonds. The molecule has 2 aromatic carbocycles. The summed E-state index contributed by atoms with van der Waals surface area (Å²) in [5, 5.41) is 14.1. The minimum atomic E-state index is -0.116. The third-order valence-electron chi connectivity index (χ3n) is 3.66. The van der Waals surface area contributed by atoms with Gasteiger partial charge in [-0.3, -0.25) is 4.79 Å². The number of nitrogens with one attached hydrogen (secondary N) is 1. The van der Waals surface area contributed by atoms with Crippen LogP contribution in [0.5, 0.6) is 5.75 Å². The zero-order valence-corrected chi connectivity index (χ0v) is 15.0. The third-order valence-corrected chi connectivity index (χ3v) is 4.42. The lowest BCUT2D eigenvalue weighted by Crippen LogP contribution is -2.14. The van der Waals surface area contributed by atoms with E-state index in [0.29, 0.717) is 17.3 Å². The van der Waals surface area contributed by atoms with E-state index in [1.165, 1.54) is 11.3 Å². The van der Waals surface area contributed by atoms with Crippen LogP contribution in [0.2, 0.25) is 0 Å². The number of amides is 1. The van der Waals surface area contributed by atoms with Crippen molar-refractivity contribution in [2.24, 2.45) is 0 Å². The van der Waals surface area contributed by atoms with E-state index in [9.17, 15) is 4.79 Å². The molecule has 1 N–H and O–H groups in total. The van der Waals surface area contributed by atoms with Crippen LogP contribution in [-0.4, -0.2) is 17.5 Å². The summed E-state index contributed by atoms with van der Waals surface area (Å²) in [4.78, 5) is 16.6. The number of ether oxygens (including phenoxy) is 1. The molecule has 3 aromatic rings. The maximum absolute atomic E-state index is 12.2. The topological polar surface area (TPSA) is 75.0 Å². The molecule has 0 saturated heterocycles. The monoisotopic (exact) mass is 363 g/mol. The molecule has 0 aliphatic heterocycles. The Morgan fingerprint density at radius 3 is 2.58 bits per heavy atom. The van der Waals surface area contributed by atoms with Gasteiger partial charge in [-0.2, -0.15) is 5.26 Å². The van der Waals surface area contributed by atoms with Gasteiger partial charge < -0.3 is 10.1 Å². The highest BCUT2D eigenvalue weighted by atomic mass is 32.1.